The number of nitrogens with zero attached hydrogens (tertiary/aromatic N) is 4. The van der Waals surface area contributed by atoms with Gasteiger partial charge in [0.2, 0.25) is 17.8 Å². The number of anilines is 3. The van der Waals surface area contributed by atoms with Crippen molar-refractivity contribution in [3.8, 4) is 0 Å². The van der Waals surface area contributed by atoms with E-state index in [0.717, 1.165) is 19.5 Å². The zero-order valence-corrected chi connectivity index (χ0v) is 12.4. The Morgan fingerprint density at radius 3 is 2.55 bits per heavy atom. The standard InChI is InChI=1S/C13H25N7/c1-3-4-7-10(2)15-11-16-12(19-14)18-13(17-11)20-8-5-6-9-20/h10H,3-9,14H2,1-2H3,(H2,15,16,17,18,19). The first-order valence-electron chi connectivity index (χ1n) is 7.47. The highest BCUT2D eigenvalue weighted by Gasteiger charge is 2.17. The average molecular weight is 279 g/mol. The van der Waals surface area contributed by atoms with Gasteiger partial charge in [0.25, 0.3) is 0 Å². The second-order valence-corrected chi connectivity index (χ2v) is 5.31. The van der Waals surface area contributed by atoms with Crippen LogP contribution in [0.2, 0.25) is 0 Å². The summed E-state index contributed by atoms with van der Waals surface area (Å²) in [6, 6.07) is 0.342. The molecule has 0 spiro atoms. The molecule has 0 radical (unpaired) electrons. The summed E-state index contributed by atoms with van der Waals surface area (Å²) < 4.78 is 0. The van der Waals surface area contributed by atoms with Gasteiger partial charge in [-0.1, -0.05) is 19.8 Å². The molecule has 20 heavy (non-hydrogen) atoms. The van der Waals surface area contributed by atoms with Crippen LogP contribution >= 0.6 is 0 Å². The number of rotatable bonds is 7. The highest BCUT2D eigenvalue weighted by molar-refractivity contribution is 5.44. The molecular formula is C13H25N7. The Morgan fingerprint density at radius 2 is 1.90 bits per heavy atom. The number of aromatic nitrogens is 3. The first-order valence-corrected chi connectivity index (χ1v) is 7.47. The summed E-state index contributed by atoms with van der Waals surface area (Å²) >= 11 is 0. The van der Waals surface area contributed by atoms with Crippen LogP contribution in [0.15, 0.2) is 0 Å². The quantitative estimate of drug-likeness (QED) is 0.517. The van der Waals surface area contributed by atoms with Crippen LogP contribution in [-0.4, -0.2) is 34.1 Å². The van der Waals surface area contributed by atoms with Crippen molar-refractivity contribution in [2.45, 2.75) is 52.0 Å². The van der Waals surface area contributed by atoms with E-state index in [-0.39, 0.29) is 0 Å². The van der Waals surface area contributed by atoms with Gasteiger partial charge in [0.1, 0.15) is 0 Å². The summed E-state index contributed by atoms with van der Waals surface area (Å²) in [4.78, 5) is 15.3. The van der Waals surface area contributed by atoms with Gasteiger partial charge in [-0.15, -0.1) is 0 Å². The SMILES string of the molecule is CCCCC(C)Nc1nc(NN)nc(N2CCCC2)n1. The minimum absolute atomic E-state index is 0.342. The lowest BCUT2D eigenvalue weighted by atomic mass is 10.1. The van der Waals surface area contributed by atoms with E-state index in [0.29, 0.717) is 23.9 Å². The van der Waals surface area contributed by atoms with E-state index in [4.69, 9.17) is 5.84 Å². The molecule has 0 bridgehead atoms. The minimum atomic E-state index is 0.342. The van der Waals surface area contributed by atoms with Gasteiger partial charge in [-0.25, -0.2) is 5.84 Å². The molecule has 7 heteroatoms. The maximum absolute atomic E-state index is 5.45. The van der Waals surface area contributed by atoms with E-state index in [1.54, 1.807) is 0 Å². The second kappa shape index (κ2) is 7.23. The zero-order valence-electron chi connectivity index (χ0n) is 12.4. The van der Waals surface area contributed by atoms with Crippen LogP contribution in [0, 0.1) is 0 Å². The lowest BCUT2D eigenvalue weighted by molar-refractivity contribution is 0.640. The molecular weight excluding hydrogens is 254 g/mol. The molecule has 2 rings (SSSR count). The zero-order chi connectivity index (χ0) is 14.4. The van der Waals surface area contributed by atoms with Crippen LogP contribution in [0.4, 0.5) is 17.8 Å². The lowest BCUT2D eigenvalue weighted by Gasteiger charge is -2.18. The van der Waals surface area contributed by atoms with Crippen LogP contribution in [0.5, 0.6) is 0 Å². The molecule has 1 atom stereocenters. The predicted octanol–water partition coefficient (Wildman–Crippen LogP) is 1.75. The summed E-state index contributed by atoms with van der Waals surface area (Å²) in [5.41, 5.74) is 2.52. The largest absolute Gasteiger partial charge is 0.352 e. The van der Waals surface area contributed by atoms with Crippen LogP contribution in [0.25, 0.3) is 0 Å². The first kappa shape index (κ1) is 14.8. The average Bonchev–Trinajstić information content (AvgIpc) is 2.99. The van der Waals surface area contributed by atoms with Crippen LogP contribution in [0.1, 0.15) is 46.0 Å². The molecule has 1 unspecified atom stereocenters. The highest BCUT2D eigenvalue weighted by Crippen LogP contribution is 2.19. The normalized spacial score (nSPS) is 16.2. The molecule has 0 aromatic carbocycles. The molecule has 1 aliphatic rings. The van der Waals surface area contributed by atoms with E-state index >= 15 is 0 Å². The van der Waals surface area contributed by atoms with Crippen molar-refractivity contribution in [3.05, 3.63) is 0 Å². The van der Waals surface area contributed by atoms with Crippen molar-refractivity contribution in [3.63, 3.8) is 0 Å². The Kier molecular flexibility index (Phi) is 5.34. The number of nitrogens with two attached hydrogens (primary N) is 1. The highest BCUT2D eigenvalue weighted by atomic mass is 15.4. The summed E-state index contributed by atoms with van der Waals surface area (Å²) in [5, 5.41) is 3.33. The second-order valence-electron chi connectivity index (χ2n) is 5.31. The molecule has 0 aliphatic carbocycles. The Labute approximate surface area is 120 Å². The molecule has 0 saturated carbocycles. The summed E-state index contributed by atoms with van der Waals surface area (Å²) in [6.07, 6.45) is 5.87. The van der Waals surface area contributed by atoms with E-state index in [1.807, 2.05) is 0 Å². The monoisotopic (exact) mass is 279 g/mol. The fourth-order valence-corrected chi connectivity index (χ4v) is 2.36. The van der Waals surface area contributed by atoms with Gasteiger partial charge in [-0.2, -0.15) is 15.0 Å². The summed E-state index contributed by atoms with van der Waals surface area (Å²) in [6.45, 7) is 6.33. The molecule has 1 aromatic rings. The third-order valence-corrected chi connectivity index (χ3v) is 3.51. The Bertz CT molecular complexity index is 417. The van der Waals surface area contributed by atoms with Crippen molar-refractivity contribution in [2.75, 3.05) is 28.7 Å². The van der Waals surface area contributed by atoms with Crippen molar-refractivity contribution in [1.29, 1.82) is 0 Å². The number of nitrogens with one attached hydrogen (secondary N) is 2. The fraction of sp³-hybridized carbons (Fsp3) is 0.769. The van der Waals surface area contributed by atoms with Gasteiger partial charge in [0, 0.05) is 19.1 Å². The predicted molar refractivity (Wildman–Crippen MR) is 81.7 cm³/mol. The van der Waals surface area contributed by atoms with Crippen molar-refractivity contribution in [2.24, 2.45) is 5.84 Å². The van der Waals surface area contributed by atoms with E-state index < -0.39 is 0 Å². The van der Waals surface area contributed by atoms with Crippen molar-refractivity contribution < 1.29 is 0 Å². The van der Waals surface area contributed by atoms with Gasteiger partial charge in [0.05, 0.1) is 0 Å². The number of hydrazine groups is 1. The molecule has 7 nitrogen and oxygen atoms in total. The molecule has 2 heterocycles. The minimum Gasteiger partial charge on any atom is -0.352 e. The molecule has 0 amide bonds. The van der Waals surface area contributed by atoms with E-state index in [1.165, 1.54) is 25.7 Å². The smallest absolute Gasteiger partial charge is 0.243 e. The van der Waals surface area contributed by atoms with Gasteiger partial charge >= 0.3 is 0 Å². The summed E-state index contributed by atoms with van der Waals surface area (Å²) in [7, 11) is 0. The number of nitrogen functional groups attached to an aromatic ring is 1. The topological polar surface area (TPSA) is 92.0 Å². The first-order chi connectivity index (χ1) is 9.72. The third kappa shape index (κ3) is 3.93. The van der Waals surface area contributed by atoms with Crippen LogP contribution < -0.4 is 21.5 Å². The van der Waals surface area contributed by atoms with Gasteiger partial charge in [-0.05, 0) is 26.2 Å². The molecule has 1 aliphatic heterocycles. The Hall–Kier alpha value is -1.63. The Balaban J connectivity index is 2.08. The van der Waals surface area contributed by atoms with Crippen molar-refractivity contribution >= 4 is 17.8 Å². The maximum atomic E-state index is 5.45. The van der Waals surface area contributed by atoms with Crippen molar-refractivity contribution in [1.82, 2.24) is 15.0 Å². The maximum Gasteiger partial charge on any atom is 0.243 e. The lowest BCUT2D eigenvalue weighted by Crippen LogP contribution is -2.24. The molecule has 112 valence electrons. The molecule has 4 N–H and O–H groups in total. The number of hydrogen-bond donors (Lipinski definition) is 3. The molecule has 1 fully saturated rings. The van der Waals surface area contributed by atoms with Gasteiger partial charge < -0.3 is 10.2 Å². The third-order valence-electron chi connectivity index (χ3n) is 3.51. The molecule has 1 aromatic heterocycles. The summed E-state index contributed by atoms with van der Waals surface area (Å²) in [5.74, 6) is 7.16. The van der Waals surface area contributed by atoms with Gasteiger partial charge in [0.15, 0.2) is 0 Å². The van der Waals surface area contributed by atoms with Crippen LogP contribution in [0.3, 0.4) is 0 Å². The molecule has 1 saturated heterocycles. The van der Waals surface area contributed by atoms with E-state index in [9.17, 15) is 0 Å². The number of hydrogen-bond acceptors (Lipinski definition) is 7. The van der Waals surface area contributed by atoms with Crippen LogP contribution in [-0.2, 0) is 0 Å². The van der Waals surface area contributed by atoms with Gasteiger partial charge in [-0.3, -0.25) is 5.43 Å². The number of unbranched alkanes of at least 4 members (excludes halogenated alkanes) is 1. The van der Waals surface area contributed by atoms with E-state index in [2.05, 4.69) is 44.4 Å². The Morgan fingerprint density at radius 1 is 1.20 bits per heavy atom. The fourth-order valence-electron chi connectivity index (χ4n) is 2.36.